The smallest absolute Gasteiger partial charge is 0.312 e. The quantitative estimate of drug-likeness (QED) is 0.508. The van der Waals surface area contributed by atoms with Gasteiger partial charge in [-0.2, -0.15) is 0 Å². The number of benzene rings is 1. The summed E-state index contributed by atoms with van der Waals surface area (Å²) in [4.78, 5) is 10.2. The average Bonchev–Trinajstić information content (AvgIpc) is 2.20. The molecule has 15 heavy (non-hydrogen) atoms. The molecular weight excluding hydrogens is 266 g/mol. The van der Waals surface area contributed by atoms with E-state index in [4.69, 9.17) is 9.84 Å². The first-order valence-electron chi connectivity index (χ1n) is 4.33. The van der Waals surface area contributed by atoms with Gasteiger partial charge < -0.3 is 9.84 Å². The third-order valence-corrected chi connectivity index (χ3v) is 2.32. The van der Waals surface area contributed by atoms with Gasteiger partial charge in [-0.1, -0.05) is 6.07 Å². The summed E-state index contributed by atoms with van der Waals surface area (Å²) in [5.74, 6) is 0.205. The topological polar surface area (TPSA) is 72.6 Å². The predicted molar refractivity (Wildman–Crippen MR) is 58.0 cm³/mol. The van der Waals surface area contributed by atoms with Gasteiger partial charge in [-0.25, -0.2) is 0 Å². The second-order valence-corrected chi connectivity index (χ2v) is 3.63. The maximum Gasteiger partial charge on any atom is 0.312 e. The summed E-state index contributed by atoms with van der Waals surface area (Å²) in [6, 6.07) is 4.61. The largest absolute Gasteiger partial charge is 0.486 e. The summed E-state index contributed by atoms with van der Waals surface area (Å²) in [6.45, 7) is 0.248. The fraction of sp³-hybridized carbons (Fsp3) is 0.333. The summed E-state index contributed by atoms with van der Waals surface area (Å²) in [5, 5.41) is 19.2. The van der Waals surface area contributed by atoms with Crippen LogP contribution < -0.4 is 4.74 Å². The SMILES string of the molecule is O=[N+]([O-])c1cccc(Br)c1OCCCO. The number of para-hydroxylation sites is 1. The monoisotopic (exact) mass is 275 g/mol. The van der Waals surface area contributed by atoms with Crippen LogP contribution in [0.15, 0.2) is 22.7 Å². The van der Waals surface area contributed by atoms with Crippen LogP contribution in [0.25, 0.3) is 0 Å². The molecule has 0 amide bonds. The number of nitro groups is 1. The molecule has 0 aliphatic rings. The van der Waals surface area contributed by atoms with E-state index in [0.717, 1.165) is 0 Å². The van der Waals surface area contributed by atoms with Gasteiger partial charge in [-0.3, -0.25) is 10.1 Å². The molecule has 0 bridgehead atoms. The highest BCUT2D eigenvalue weighted by molar-refractivity contribution is 9.10. The minimum Gasteiger partial charge on any atom is -0.486 e. The van der Waals surface area contributed by atoms with Gasteiger partial charge in [0.05, 0.1) is 16.0 Å². The van der Waals surface area contributed by atoms with E-state index in [1.807, 2.05) is 0 Å². The zero-order chi connectivity index (χ0) is 11.3. The predicted octanol–water partition coefficient (Wildman–Crippen LogP) is 2.12. The van der Waals surface area contributed by atoms with Crippen LogP contribution in [0.1, 0.15) is 6.42 Å². The Bertz CT molecular complexity index is 356. The second-order valence-electron chi connectivity index (χ2n) is 2.77. The lowest BCUT2D eigenvalue weighted by Gasteiger charge is -2.07. The molecule has 0 aliphatic heterocycles. The molecule has 1 N–H and O–H groups in total. The Morgan fingerprint density at radius 2 is 2.27 bits per heavy atom. The fourth-order valence-corrected chi connectivity index (χ4v) is 1.49. The second kappa shape index (κ2) is 5.67. The van der Waals surface area contributed by atoms with Crippen molar-refractivity contribution in [1.29, 1.82) is 0 Å². The summed E-state index contributed by atoms with van der Waals surface area (Å²) in [6.07, 6.45) is 0.443. The van der Waals surface area contributed by atoms with Crippen molar-refractivity contribution in [2.75, 3.05) is 13.2 Å². The average molecular weight is 276 g/mol. The van der Waals surface area contributed by atoms with Gasteiger partial charge in [-0.15, -0.1) is 0 Å². The normalized spacial score (nSPS) is 10.0. The Hall–Kier alpha value is -1.14. The molecule has 1 rings (SSSR count). The van der Waals surface area contributed by atoms with Gasteiger partial charge in [-0.05, 0) is 22.0 Å². The third-order valence-electron chi connectivity index (χ3n) is 1.69. The Morgan fingerprint density at radius 1 is 1.53 bits per heavy atom. The number of halogens is 1. The molecular formula is C9H10BrNO4. The van der Waals surface area contributed by atoms with E-state index in [1.165, 1.54) is 6.07 Å². The highest BCUT2D eigenvalue weighted by atomic mass is 79.9. The van der Waals surface area contributed by atoms with Crippen LogP contribution in [0.2, 0.25) is 0 Å². The van der Waals surface area contributed by atoms with Crippen LogP contribution in [-0.4, -0.2) is 23.2 Å². The molecule has 0 aliphatic carbocycles. The van der Waals surface area contributed by atoms with Gasteiger partial charge in [0.1, 0.15) is 0 Å². The Kier molecular flexibility index (Phi) is 4.51. The molecule has 0 aromatic heterocycles. The zero-order valence-corrected chi connectivity index (χ0v) is 9.44. The molecule has 0 spiro atoms. The summed E-state index contributed by atoms with van der Waals surface area (Å²) in [5.41, 5.74) is -0.0812. The van der Waals surface area contributed by atoms with E-state index in [-0.39, 0.29) is 24.7 Å². The third kappa shape index (κ3) is 3.17. The molecule has 0 atom stereocenters. The van der Waals surface area contributed by atoms with Crippen LogP contribution in [-0.2, 0) is 0 Å². The number of hydrogen-bond donors (Lipinski definition) is 1. The van der Waals surface area contributed by atoms with Crippen LogP contribution >= 0.6 is 15.9 Å². The number of nitro benzene ring substituents is 1. The summed E-state index contributed by atoms with van der Waals surface area (Å²) in [7, 11) is 0. The molecule has 6 heteroatoms. The first-order chi connectivity index (χ1) is 7.16. The lowest BCUT2D eigenvalue weighted by atomic mass is 10.3. The molecule has 0 saturated carbocycles. The molecule has 0 fully saturated rings. The van der Waals surface area contributed by atoms with Crippen molar-refractivity contribution in [3.63, 3.8) is 0 Å². The van der Waals surface area contributed by atoms with Crippen LogP contribution in [0.3, 0.4) is 0 Å². The minimum atomic E-state index is -0.501. The molecule has 1 aromatic rings. The number of hydrogen-bond acceptors (Lipinski definition) is 4. The Morgan fingerprint density at radius 3 is 2.87 bits per heavy atom. The first kappa shape index (κ1) is 11.9. The molecule has 0 radical (unpaired) electrons. The Balaban J connectivity index is 2.87. The van der Waals surface area contributed by atoms with Gasteiger partial charge in [0, 0.05) is 19.1 Å². The Labute approximate surface area is 95.0 Å². The van der Waals surface area contributed by atoms with Crippen LogP contribution in [0.4, 0.5) is 5.69 Å². The molecule has 0 heterocycles. The van der Waals surface area contributed by atoms with E-state index in [9.17, 15) is 10.1 Å². The van der Waals surface area contributed by atoms with Crippen molar-refractivity contribution in [3.8, 4) is 5.75 Å². The highest BCUT2D eigenvalue weighted by Crippen LogP contribution is 2.34. The van der Waals surface area contributed by atoms with Crippen molar-refractivity contribution in [2.45, 2.75) is 6.42 Å². The number of rotatable bonds is 5. The first-order valence-corrected chi connectivity index (χ1v) is 5.12. The van der Waals surface area contributed by atoms with Crippen molar-refractivity contribution in [1.82, 2.24) is 0 Å². The maximum absolute atomic E-state index is 10.7. The lowest BCUT2D eigenvalue weighted by Crippen LogP contribution is -2.02. The van der Waals surface area contributed by atoms with Crippen molar-refractivity contribution < 1.29 is 14.8 Å². The van der Waals surface area contributed by atoms with Crippen LogP contribution in [0.5, 0.6) is 5.75 Å². The highest BCUT2D eigenvalue weighted by Gasteiger charge is 2.17. The molecule has 0 unspecified atom stereocenters. The van der Waals surface area contributed by atoms with Gasteiger partial charge >= 0.3 is 5.69 Å². The maximum atomic E-state index is 10.7. The van der Waals surface area contributed by atoms with E-state index in [2.05, 4.69) is 15.9 Å². The van der Waals surface area contributed by atoms with E-state index in [1.54, 1.807) is 12.1 Å². The lowest BCUT2D eigenvalue weighted by molar-refractivity contribution is -0.386. The number of ether oxygens (including phenoxy) is 1. The number of aliphatic hydroxyl groups is 1. The zero-order valence-electron chi connectivity index (χ0n) is 7.85. The fourth-order valence-electron chi connectivity index (χ4n) is 1.02. The van der Waals surface area contributed by atoms with Gasteiger partial charge in [0.2, 0.25) is 5.75 Å². The standard InChI is InChI=1S/C9H10BrNO4/c10-7-3-1-4-8(11(13)14)9(7)15-6-2-5-12/h1,3-4,12H,2,5-6H2. The molecule has 5 nitrogen and oxygen atoms in total. The van der Waals surface area contributed by atoms with E-state index in [0.29, 0.717) is 10.9 Å². The van der Waals surface area contributed by atoms with Crippen LogP contribution in [0, 0.1) is 10.1 Å². The van der Waals surface area contributed by atoms with E-state index >= 15 is 0 Å². The molecule has 0 saturated heterocycles. The number of nitrogens with zero attached hydrogens (tertiary/aromatic N) is 1. The number of aliphatic hydroxyl groups excluding tert-OH is 1. The minimum absolute atomic E-state index is 0.00174. The summed E-state index contributed by atoms with van der Waals surface area (Å²) < 4.78 is 5.76. The molecule has 1 aromatic carbocycles. The van der Waals surface area contributed by atoms with Crippen molar-refractivity contribution in [3.05, 3.63) is 32.8 Å². The van der Waals surface area contributed by atoms with Crippen molar-refractivity contribution in [2.24, 2.45) is 0 Å². The molecule has 82 valence electrons. The van der Waals surface area contributed by atoms with Crippen molar-refractivity contribution >= 4 is 21.6 Å². The van der Waals surface area contributed by atoms with E-state index < -0.39 is 4.92 Å². The van der Waals surface area contributed by atoms with Gasteiger partial charge in [0.15, 0.2) is 0 Å². The summed E-state index contributed by atoms with van der Waals surface area (Å²) >= 11 is 3.18. The van der Waals surface area contributed by atoms with Gasteiger partial charge in [0.25, 0.3) is 0 Å².